The van der Waals surface area contributed by atoms with E-state index in [0.29, 0.717) is 11.9 Å². The van der Waals surface area contributed by atoms with Gasteiger partial charge in [-0.2, -0.15) is 0 Å². The zero-order valence-electron chi connectivity index (χ0n) is 13.0. The minimum absolute atomic E-state index is 0.454. The molecule has 1 atom stereocenters. The number of fused-ring (bicyclic) bond motifs is 3. The molecule has 0 amide bonds. The van der Waals surface area contributed by atoms with Gasteiger partial charge in [-0.15, -0.1) is 0 Å². The average Bonchev–Trinajstić information content (AvgIpc) is 3.01. The summed E-state index contributed by atoms with van der Waals surface area (Å²) in [6, 6.07) is 8.66. The third kappa shape index (κ3) is 2.05. The summed E-state index contributed by atoms with van der Waals surface area (Å²) in [7, 11) is 0. The van der Waals surface area contributed by atoms with Crippen LogP contribution in [0.2, 0.25) is 0 Å². The van der Waals surface area contributed by atoms with E-state index in [4.69, 9.17) is 5.73 Å². The molecule has 2 aromatic heterocycles. The molecule has 3 aromatic rings. The monoisotopic (exact) mass is 294 g/mol. The van der Waals surface area contributed by atoms with Gasteiger partial charge >= 0.3 is 0 Å². The largest absolute Gasteiger partial charge is 0.382 e. The van der Waals surface area contributed by atoms with E-state index in [1.807, 2.05) is 18.5 Å². The second-order valence-electron chi connectivity index (χ2n) is 6.50. The van der Waals surface area contributed by atoms with Crippen LogP contribution >= 0.6 is 0 Å². The molecular weight excluding hydrogens is 272 g/mol. The summed E-state index contributed by atoms with van der Waals surface area (Å²) in [5, 5.41) is 1.15. The van der Waals surface area contributed by atoms with Crippen molar-refractivity contribution in [1.29, 1.82) is 0 Å². The molecule has 0 saturated heterocycles. The van der Waals surface area contributed by atoms with Gasteiger partial charge in [0.15, 0.2) is 5.82 Å². The molecule has 0 bridgehead atoms. The molecule has 1 saturated carbocycles. The molecule has 2 heterocycles. The molecule has 1 fully saturated rings. The predicted octanol–water partition coefficient (Wildman–Crippen LogP) is 4.31. The molecule has 114 valence electrons. The Labute approximate surface area is 130 Å². The summed E-state index contributed by atoms with van der Waals surface area (Å²) < 4.78 is 2.33. The van der Waals surface area contributed by atoms with Gasteiger partial charge in [0.05, 0.1) is 17.4 Å². The fourth-order valence-electron chi connectivity index (χ4n) is 3.92. The molecule has 1 aromatic carbocycles. The fourth-order valence-corrected chi connectivity index (χ4v) is 3.92. The quantitative estimate of drug-likeness (QED) is 0.766. The second kappa shape index (κ2) is 5.27. The van der Waals surface area contributed by atoms with E-state index in [0.717, 1.165) is 27.9 Å². The van der Waals surface area contributed by atoms with E-state index >= 15 is 0 Å². The maximum absolute atomic E-state index is 6.13. The summed E-state index contributed by atoms with van der Waals surface area (Å²) in [6.45, 7) is 2.32. The second-order valence-corrected chi connectivity index (χ2v) is 6.50. The maximum Gasteiger partial charge on any atom is 0.152 e. The highest BCUT2D eigenvalue weighted by Gasteiger charge is 2.24. The van der Waals surface area contributed by atoms with Crippen LogP contribution in [0.3, 0.4) is 0 Å². The summed E-state index contributed by atoms with van der Waals surface area (Å²) >= 11 is 0. The van der Waals surface area contributed by atoms with Crippen LogP contribution in [0.1, 0.15) is 45.1 Å². The van der Waals surface area contributed by atoms with Crippen LogP contribution in [0.4, 0.5) is 5.82 Å². The molecule has 2 N–H and O–H groups in total. The molecule has 1 aliphatic rings. The first kappa shape index (κ1) is 13.6. The van der Waals surface area contributed by atoms with Gasteiger partial charge in [0, 0.05) is 11.4 Å². The minimum atomic E-state index is 0.454. The Morgan fingerprint density at radius 1 is 1.18 bits per heavy atom. The number of aromatic nitrogens is 3. The van der Waals surface area contributed by atoms with E-state index in [1.165, 1.54) is 32.1 Å². The van der Waals surface area contributed by atoms with Gasteiger partial charge in [-0.05, 0) is 31.7 Å². The lowest BCUT2D eigenvalue weighted by Crippen LogP contribution is -2.18. The van der Waals surface area contributed by atoms with Gasteiger partial charge in [0.25, 0.3) is 0 Å². The molecular formula is C18H22N4. The van der Waals surface area contributed by atoms with Crippen molar-refractivity contribution in [2.75, 3.05) is 5.73 Å². The number of para-hydroxylation sites is 1. The van der Waals surface area contributed by atoms with E-state index in [1.54, 1.807) is 0 Å². The number of rotatable bonds is 2. The third-order valence-corrected chi connectivity index (χ3v) is 5.21. The maximum atomic E-state index is 6.13. The van der Waals surface area contributed by atoms with Crippen molar-refractivity contribution in [3.63, 3.8) is 0 Å². The highest BCUT2D eigenvalue weighted by molar-refractivity contribution is 6.06. The zero-order valence-corrected chi connectivity index (χ0v) is 13.0. The van der Waals surface area contributed by atoms with E-state index in [2.05, 4.69) is 33.6 Å². The topological polar surface area (TPSA) is 56.7 Å². The normalized spacial score (nSPS) is 18.0. The molecule has 22 heavy (non-hydrogen) atoms. The summed E-state index contributed by atoms with van der Waals surface area (Å²) in [5.41, 5.74) is 9.05. The Morgan fingerprint density at radius 3 is 2.77 bits per heavy atom. The molecule has 4 nitrogen and oxygen atoms in total. The van der Waals surface area contributed by atoms with Gasteiger partial charge < -0.3 is 10.3 Å². The number of hydrogen-bond acceptors (Lipinski definition) is 3. The number of pyridine rings is 1. The van der Waals surface area contributed by atoms with Crippen molar-refractivity contribution in [3.05, 3.63) is 30.6 Å². The fraction of sp³-hybridized carbons (Fsp3) is 0.444. The lowest BCUT2D eigenvalue weighted by atomic mass is 9.84. The van der Waals surface area contributed by atoms with Crippen molar-refractivity contribution < 1.29 is 0 Å². The van der Waals surface area contributed by atoms with Crippen LogP contribution in [-0.4, -0.2) is 14.5 Å². The highest BCUT2D eigenvalue weighted by Crippen LogP contribution is 2.36. The standard InChI is InChI=1S/C18H22N4/c1-12(13-7-3-2-4-8-13)22-11-20-16-17(22)14-9-5-6-10-15(14)21-18(16)19/h5-6,9-13H,2-4,7-8H2,1H3,(H2,19,21). The van der Waals surface area contributed by atoms with Crippen LogP contribution in [0, 0.1) is 5.92 Å². The van der Waals surface area contributed by atoms with Gasteiger partial charge in [0.1, 0.15) is 5.52 Å². The Balaban J connectivity index is 1.90. The molecule has 4 heteroatoms. The molecule has 0 aliphatic heterocycles. The first-order valence-electron chi connectivity index (χ1n) is 8.26. The zero-order chi connectivity index (χ0) is 15.1. The van der Waals surface area contributed by atoms with Crippen LogP contribution in [0.15, 0.2) is 30.6 Å². The van der Waals surface area contributed by atoms with Gasteiger partial charge in [-0.3, -0.25) is 0 Å². The smallest absolute Gasteiger partial charge is 0.152 e. The number of nitrogens with zero attached hydrogens (tertiary/aromatic N) is 3. The predicted molar refractivity (Wildman–Crippen MR) is 90.7 cm³/mol. The first-order valence-corrected chi connectivity index (χ1v) is 8.26. The van der Waals surface area contributed by atoms with Crippen molar-refractivity contribution in [2.45, 2.75) is 45.1 Å². The molecule has 4 rings (SSSR count). The molecule has 0 spiro atoms. The number of benzene rings is 1. The van der Waals surface area contributed by atoms with Crippen LogP contribution in [0.5, 0.6) is 0 Å². The number of nitrogen functional groups attached to an aromatic ring is 1. The third-order valence-electron chi connectivity index (χ3n) is 5.21. The lowest BCUT2D eigenvalue weighted by Gasteiger charge is -2.29. The summed E-state index contributed by atoms with van der Waals surface area (Å²) in [4.78, 5) is 9.05. The number of anilines is 1. The van der Waals surface area contributed by atoms with Crippen molar-refractivity contribution in [1.82, 2.24) is 14.5 Å². The first-order chi connectivity index (χ1) is 10.8. The minimum Gasteiger partial charge on any atom is -0.382 e. The van der Waals surface area contributed by atoms with E-state index in [9.17, 15) is 0 Å². The lowest BCUT2D eigenvalue weighted by molar-refractivity contribution is 0.268. The van der Waals surface area contributed by atoms with E-state index < -0.39 is 0 Å². The van der Waals surface area contributed by atoms with Gasteiger partial charge in [-0.25, -0.2) is 9.97 Å². The summed E-state index contributed by atoms with van der Waals surface area (Å²) in [6.07, 6.45) is 8.68. The molecule has 1 aliphatic carbocycles. The highest BCUT2D eigenvalue weighted by atomic mass is 15.1. The van der Waals surface area contributed by atoms with E-state index in [-0.39, 0.29) is 0 Å². The Bertz CT molecular complexity index is 814. The van der Waals surface area contributed by atoms with Crippen molar-refractivity contribution in [2.24, 2.45) is 5.92 Å². The average molecular weight is 294 g/mol. The molecule has 1 unspecified atom stereocenters. The SMILES string of the molecule is CC(C1CCCCC1)n1cnc2c(N)nc3ccccc3c21. The van der Waals surface area contributed by atoms with Gasteiger partial charge in [-0.1, -0.05) is 37.5 Å². The summed E-state index contributed by atoms with van der Waals surface area (Å²) in [5.74, 6) is 1.27. The molecule has 0 radical (unpaired) electrons. The van der Waals surface area contributed by atoms with Crippen LogP contribution < -0.4 is 5.73 Å². The van der Waals surface area contributed by atoms with Crippen molar-refractivity contribution >= 4 is 27.8 Å². The van der Waals surface area contributed by atoms with Crippen LogP contribution in [-0.2, 0) is 0 Å². The van der Waals surface area contributed by atoms with Crippen molar-refractivity contribution in [3.8, 4) is 0 Å². The Morgan fingerprint density at radius 2 is 1.95 bits per heavy atom. The Hall–Kier alpha value is -2.10. The number of nitrogens with two attached hydrogens (primary N) is 1. The number of hydrogen-bond donors (Lipinski definition) is 1. The number of imidazole rings is 1. The Kier molecular flexibility index (Phi) is 3.25. The van der Waals surface area contributed by atoms with Crippen LogP contribution in [0.25, 0.3) is 21.9 Å². The van der Waals surface area contributed by atoms with Gasteiger partial charge in [0.2, 0.25) is 0 Å².